The molecule has 2 rings (SSSR count). The van der Waals surface area contributed by atoms with Gasteiger partial charge in [-0.2, -0.15) is 0 Å². The zero-order valence-corrected chi connectivity index (χ0v) is 17.8. The van der Waals surface area contributed by atoms with Gasteiger partial charge in [0, 0.05) is 7.05 Å². The van der Waals surface area contributed by atoms with Crippen molar-refractivity contribution >= 4 is 20.2 Å². The average molecular weight is 361 g/mol. The van der Waals surface area contributed by atoms with Gasteiger partial charge in [-0.3, -0.25) is 9.69 Å². The van der Waals surface area contributed by atoms with E-state index in [-0.39, 0.29) is 11.9 Å². The first kappa shape index (κ1) is 19.7. The van der Waals surface area contributed by atoms with Crippen molar-refractivity contribution < 1.29 is 9.59 Å². The maximum absolute atomic E-state index is 13.3. The van der Waals surface area contributed by atoms with Crippen LogP contribution in [0, 0.1) is 0 Å². The summed E-state index contributed by atoms with van der Waals surface area (Å²) >= 11 is 0. The van der Waals surface area contributed by atoms with Gasteiger partial charge in [-0.1, -0.05) is 71.9 Å². The Bertz CT molecular complexity index is 635. The number of nitrogens with zero attached hydrogens (tertiary/aromatic N) is 2. The van der Waals surface area contributed by atoms with Crippen molar-refractivity contribution in [3.05, 3.63) is 35.9 Å². The maximum Gasteiger partial charge on any atom is 0.319 e. The Hall–Kier alpha value is -1.62. The summed E-state index contributed by atoms with van der Waals surface area (Å²) in [5, 5.41) is 0. The third-order valence-corrected chi connectivity index (χ3v) is 13.1. The number of carbonyl (C=O) groups is 2. The van der Waals surface area contributed by atoms with Gasteiger partial charge in [0.15, 0.2) is 8.24 Å². The number of urea groups is 1. The third kappa shape index (κ3) is 2.55. The van der Waals surface area contributed by atoms with Crippen LogP contribution in [0.15, 0.2) is 30.3 Å². The Morgan fingerprint density at radius 2 is 1.32 bits per heavy atom. The van der Waals surface area contributed by atoms with Crippen molar-refractivity contribution in [2.75, 3.05) is 7.05 Å². The van der Waals surface area contributed by atoms with Gasteiger partial charge in [-0.05, 0) is 29.1 Å². The van der Waals surface area contributed by atoms with E-state index in [0.29, 0.717) is 16.6 Å². The predicted molar refractivity (Wildman–Crippen MR) is 105 cm³/mol. The first-order valence-electron chi connectivity index (χ1n) is 9.21. The molecule has 0 aromatic heterocycles. The largest absolute Gasteiger partial charge is 0.333 e. The fraction of sp³-hybridized carbons (Fsp3) is 0.600. The topological polar surface area (TPSA) is 40.6 Å². The summed E-state index contributed by atoms with van der Waals surface area (Å²) in [6, 6.07) is 9.63. The second kappa shape index (κ2) is 6.59. The fourth-order valence-corrected chi connectivity index (χ4v) is 12.2. The van der Waals surface area contributed by atoms with Crippen LogP contribution in [-0.4, -0.2) is 36.7 Å². The van der Waals surface area contributed by atoms with E-state index in [2.05, 4.69) is 41.5 Å². The molecule has 1 unspecified atom stereocenters. The normalized spacial score (nSPS) is 22.0. The van der Waals surface area contributed by atoms with Crippen LogP contribution >= 0.6 is 0 Å². The van der Waals surface area contributed by atoms with Crippen LogP contribution in [0.1, 0.15) is 54.0 Å². The zero-order chi connectivity index (χ0) is 19.2. The molecule has 0 N–H and O–H groups in total. The lowest BCUT2D eigenvalue weighted by Gasteiger charge is -2.53. The number of rotatable bonds is 5. The molecule has 1 aromatic carbocycles. The lowest BCUT2D eigenvalue weighted by Crippen LogP contribution is -2.66. The van der Waals surface area contributed by atoms with Crippen LogP contribution in [0.25, 0.3) is 0 Å². The van der Waals surface area contributed by atoms with E-state index < -0.39 is 13.8 Å². The van der Waals surface area contributed by atoms with Crippen molar-refractivity contribution in [2.45, 2.75) is 70.6 Å². The van der Waals surface area contributed by atoms with E-state index in [4.69, 9.17) is 0 Å². The maximum atomic E-state index is 13.3. The highest BCUT2D eigenvalue weighted by Crippen LogP contribution is 2.52. The van der Waals surface area contributed by atoms with Crippen LogP contribution in [0.4, 0.5) is 4.79 Å². The van der Waals surface area contributed by atoms with Crippen molar-refractivity contribution in [3.8, 4) is 0 Å². The van der Waals surface area contributed by atoms with Crippen LogP contribution in [0.2, 0.25) is 16.6 Å². The van der Waals surface area contributed by atoms with Crippen LogP contribution in [-0.2, 0) is 10.3 Å². The van der Waals surface area contributed by atoms with E-state index in [9.17, 15) is 9.59 Å². The molecular formula is C20H32N2O2Si. The highest BCUT2D eigenvalue weighted by molar-refractivity contribution is 6.83. The first-order chi connectivity index (χ1) is 11.5. The number of likely N-dealkylation sites (N-methyl/N-ethyl adjacent to an activating group) is 1. The molecule has 25 heavy (non-hydrogen) atoms. The minimum atomic E-state index is -2.34. The molecular weight excluding hydrogens is 328 g/mol. The summed E-state index contributed by atoms with van der Waals surface area (Å²) in [5.41, 5.74) is 1.01. The van der Waals surface area contributed by atoms with Crippen LogP contribution in [0.3, 0.4) is 0 Å². The Balaban J connectivity index is 2.82. The number of amides is 3. The van der Waals surface area contributed by atoms with E-state index in [1.165, 1.54) is 4.90 Å². The van der Waals surface area contributed by atoms with E-state index in [0.717, 1.165) is 5.56 Å². The summed E-state index contributed by atoms with van der Waals surface area (Å²) in [5.74, 6) is -0.123. The summed E-state index contributed by atoms with van der Waals surface area (Å²) in [4.78, 5) is 27.9. The smallest absolute Gasteiger partial charge is 0.319 e. The second-order valence-corrected chi connectivity index (χ2v) is 14.0. The quantitative estimate of drug-likeness (QED) is 0.549. The molecule has 0 spiro atoms. The van der Waals surface area contributed by atoms with Gasteiger partial charge >= 0.3 is 6.03 Å². The Kier molecular flexibility index (Phi) is 5.20. The average Bonchev–Trinajstić information content (AvgIpc) is 2.72. The molecule has 138 valence electrons. The first-order valence-corrected chi connectivity index (χ1v) is 11.4. The monoisotopic (exact) mass is 360 g/mol. The Morgan fingerprint density at radius 3 is 1.72 bits per heavy atom. The Morgan fingerprint density at radius 1 is 0.880 bits per heavy atom. The zero-order valence-electron chi connectivity index (χ0n) is 16.8. The van der Waals surface area contributed by atoms with E-state index >= 15 is 0 Å². The van der Waals surface area contributed by atoms with Gasteiger partial charge < -0.3 is 4.57 Å². The molecule has 4 nitrogen and oxygen atoms in total. The standard InChI is InChI=1S/C20H32N2O2Si/c1-14(2)25(15(3)4,16(5)6)22-19(24)21(8)18(23)20(22,7)17-12-10-9-11-13-17/h9-16H,1-8H3. The molecule has 1 aliphatic heterocycles. The Labute approximate surface area is 153 Å². The SMILES string of the molecule is CC(C)[Si](C(C)C)(C(C)C)N1C(=O)N(C)C(=O)C1(C)c1ccccc1. The minimum Gasteiger partial charge on any atom is -0.333 e. The van der Waals surface area contributed by atoms with E-state index in [1.54, 1.807) is 7.05 Å². The number of imide groups is 1. The number of carbonyl (C=O) groups excluding carboxylic acids is 2. The summed E-state index contributed by atoms with van der Waals surface area (Å²) in [7, 11) is -0.721. The second-order valence-electron chi connectivity index (χ2n) is 8.27. The molecule has 5 heteroatoms. The minimum absolute atomic E-state index is 0.123. The molecule has 0 radical (unpaired) electrons. The number of hydrogen-bond acceptors (Lipinski definition) is 2. The highest BCUT2D eigenvalue weighted by atomic mass is 28.3. The molecule has 1 saturated heterocycles. The molecule has 1 aromatic rings. The van der Waals surface area contributed by atoms with Gasteiger partial charge in [-0.25, -0.2) is 4.79 Å². The highest BCUT2D eigenvalue weighted by Gasteiger charge is 2.64. The summed E-state index contributed by atoms with van der Waals surface area (Å²) < 4.78 is 2.03. The van der Waals surface area contributed by atoms with Gasteiger partial charge in [-0.15, -0.1) is 0 Å². The summed E-state index contributed by atoms with van der Waals surface area (Å²) in [6.07, 6.45) is 0. The lowest BCUT2D eigenvalue weighted by molar-refractivity contribution is -0.131. The molecule has 1 aliphatic rings. The molecule has 1 fully saturated rings. The van der Waals surface area contributed by atoms with Crippen LogP contribution < -0.4 is 0 Å². The molecule has 0 aliphatic carbocycles. The van der Waals surface area contributed by atoms with Gasteiger partial charge in [0.2, 0.25) is 0 Å². The molecule has 1 atom stereocenters. The van der Waals surface area contributed by atoms with Crippen molar-refractivity contribution in [3.63, 3.8) is 0 Å². The molecule has 3 amide bonds. The van der Waals surface area contributed by atoms with E-state index in [1.807, 2.05) is 41.8 Å². The van der Waals surface area contributed by atoms with Crippen molar-refractivity contribution in [1.82, 2.24) is 9.47 Å². The molecule has 0 saturated carbocycles. The van der Waals surface area contributed by atoms with Gasteiger partial charge in [0.05, 0.1) is 0 Å². The van der Waals surface area contributed by atoms with Crippen molar-refractivity contribution in [1.29, 1.82) is 0 Å². The van der Waals surface area contributed by atoms with Gasteiger partial charge in [0.25, 0.3) is 5.91 Å². The number of hydrogen-bond donors (Lipinski definition) is 0. The van der Waals surface area contributed by atoms with Crippen LogP contribution in [0.5, 0.6) is 0 Å². The lowest BCUT2D eigenvalue weighted by atomic mass is 9.92. The molecule has 0 bridgehead atoms. The van der Waals surface area contributed by atoms with Gasteiger partial charge in [0.1, 0.15) is 5.54 Å². The predicted octanol–water partition coefficient (Wildman–Crippen LogP) is 4.97. The fourth-order valence-electron chi connectivity index (χ4n) is 5.19. The number of benzene rings is 1. The molecule has 1 heterocycles. The third-order valence-electron chi connectivity index (χ3n) is 6.14. The van der Waals surface area contributed by atoms with Crippen molar-refractivity contribution in [2.24, 2.45) is 0 Å². The summed E-state index contributed by atoms with van der Waals surface area (Å²) in [6.45, 7) is 15.2.